The third kappa shape index (κ3) is 5.38. The third-order valence-electron chi connectivity index (χ3n) is 6.13. The summed E-state index contributed by atoms with van der Waals surface area (Å²) < 4.78 is 29.9. The predicted molar refractivity (Wildman–Crippen MR) is 115 cm³/mol. The minimum absolute atomic E-state index is 0.00931. The number of likely N-dealkylation sites (tertiary alicyclic amines) is 1. The number of hydrogen-bond donors (Lipinski definition) is 1. The van der Waals surface area contributed by atoms with Gasteiger partial charge in [-0.3, -0.25) is 9.69 Å². The van der Waals surface area contributed by atoms with Gasteiger partial charge in [-0.25, -0.2) is 9.97 Å². The SMILES string of the molecule is CC[C@@]1(C(=O)O)C[C@@H](C(C)(C)C)CN(Cc2cnc(-c3cccnc3OC(F)F)s2)C1. The summed E-state index contributed by atoms with van der Waals surface area (Å²) in [5.74, 6) is -0.655. The predicted octanol–water partition coefficient (Wildman–Crippen LogP) is 5.16. The van der Waals surface area contributed by atoms with Crippen molar-refractivity contribution in [3.63, 3.8) is 0 Å². The van der Waals surface area contributed by atoms with Crippen molar-refractivity contribution in [2.45, 2.75) is 53.7 Å². The van der Waals surface area contributed by atoms with Crippen molar-refractivity contribution in [1.29, 1.82) is 0 Å². The molecule has 0 amide bonds. The van der Waals surface area contributed by atoms with Crippen LogP contribution in [0.5, 0.6) is 5.88 Å². The first-order valence-electron chi connectivity index (χ1n) is 10.3. The van der Waals surface area contributed by atoms with Crippen molar-refractivity contribution in [3.05, 3.63) is 29.4 Å². The van der Waals surface area contributed by atoms with Gasteiger partial charge < -0.3 is 9.84 Å². The highest BCUT2D eigenvalue weighted by Crippen LogP contribution is 2.44. The molecule has 1 N–H and O–H groups in total. The number of carboxylic acid groups (broad SMARTS) is 1. The van der Waals surface area contributed by atoms with E-state index in [1.54, 1.807) is 18.3 Å². The van der Waals surface area contributed by atoms with Crippen molar-refractivity contribution in [3.8, 4) is 16.5 Å². The van der Waals surface area contributed by atoms with Crippen LogP contribution in [0.4, 0.5) is 8.78 Å². The Hall–Kier alpha value is -2.13. The van der Waals surface area contributed by atoms with Crippen LogP contribution < -0.4 is 4.74 Å². The van der Waals surface area contributed by atoms with Crippen LogP contribution in [-0.4, -0.2) is 45.6 Å². The molecular weight excluding hydrogens is 424 g/mol. The van der Waals surface area contributed by atoms with E-state index < -0.39 is 18.0 Å². The van der Waals surface area contributed by atoms with Crippen LogP contribution >= 0.6 is 11.3 Å². The molecule has 1 aliphatic rings. The Kier molecular flexibility index (Phi) is 6.95. The summed E-state index contributed by atoms with van der Waals surface area (Å²) in [7, 11) is 0. The lowest BCUT2D eigenvalue weighted by atomic mass is 9.66. The van der Waals surface area contributed by atoms with Gasteiger partial charge in [0.25, 0.3) is 0 Å². The molecule has 3 heterocycles. The first-order chi connectivity index (χ1) is 14.5. The zero-order chi connectivity index (χ0) is 22.8. The Labute approximate surface area is 185 Å². The maximum absolute atomic E-state index is 12.7. The van der Waals surface area contributed by atoms with Crippen LogP contribution in [-0.2, 0) is 11.3 Å². The smallest absolute Gasteiger partial charge is 0.388 e. The third-order valence-corrected chi connectivity index (χ3v) is 7.15. The number of halogens is 2. The largest absolute Gasteiger partial charge is 0.481 e. The maximum atomic E-state index is 12.7. The molecule has 1 fully saturated rings. The second-order valence-electron chi connectivity index (χ2n) is 9.24. The van der Waals surface area contributed by atoms with E-state index in [4.69, 9.17) is 0 Å². The minimum atomic E-state index is -2.96. The number of hydrogen-bond acceptors (Lipinski definition) is 6. The number of carboxylic acids is 1. The van der Waals surface area contributed by atoms with Crippen molar-refractivity contribution >= 4 is 17.3 Å². The lowest BCUT2D eigenvalue weighted by Crippen LogP contribution is -2.53. The second-order valence-corrected chi connectivity index (χ2v) is 10.4. The molecule has 2 aromatic rings. The fourth-order valence-electron chi connectivity index (χ4n) is 4.13. The van der Waals surface area contributed by atoms with Gasteiger partial charge in [0.1, 0.15) is 5.01 Å². The number of piperidine rings is 1. The normalized spacial score (nSPS) is 22.6. The van der Waals surface area contributed by atoms with Crippen LogP contribution in [0.15, 0.2) is 24.5 Å². The number of thiazole rings is 1. The summed E-state index contributed by atoms with van der Waals surface area (Å²) >= 11 is 1.38. The molecule has 3 rings (SSSR count). The van der Waals surface area contributed by atoms with E-state index in [0.717, 1.165) is 11.4 Å². The van der Waals surface area contributed by atoms with Gasteiger partial charge in [-0.15, -0.1) is 11.3 Å². The summed E-state index contributed by atoms with van der Waals surface area (Å²) in [5, 5.41) is 10.5. The topological polar surface area (TPSA) is 75.5 Å². The molecule has 0 saturated carbocycles. The highest BCUT2D eigenvalue weighted by atomic mass is 32.1. The van der Waals surface area contributed by atoms with Crippen molar-refractivity contribution < 1.29 is 23.4 Å². The Morgan fingerprint density at radius 1 is 1.42 bits per heavy atom. The Bertz CT molecular complexity index is 915. The molecule has 170 valence electrons. The van der Waals surface area contributed by atoms with E-state index in [1.807, 2.05) is 6.92 Å². The Morgan fingerprint density at radius 2 is 2.16 bits per heavy atom. The molecule has 0 spiro atoms. The number of aliphatic carboxylic acids is 1. The first kappa shape index (κ1) is 23.5. The van der Waals surface area contributed by atoms with Gasteiger partial charge in [-0.2, -0.15) is 8.78 Å². The molecule has 0 radical (unpaired) electrons. The maximum Gasteiger partial charge on any atom is 0.388 e. The molecule has 6 nitrogen and oxygen atoms in total. The van der Waals surface area contributed by atoms with Crippen molar-refractivity contribution in [1.82, 2.24) is 14.9 Å². The van der Waals surface area contributed by atoms with Gasteiger partial charge in [0.2, 0.25) is 5.88 Å². The Morgan fingerprint density at radius 3 is 2.77 bits per heavy atom. The van der Waals surface area contributed by atoms with Gasteiger partial charge in [-0.1, -0.05) is 27.7 Å². The number of nitrogens with zero attached hydrogens (tertiary/aromatic N) is 3. The van der Waals surface area contributed by atoms with Crippen LogP contribution in [0, 0.1) is 16.7 Å². The summed E-state index contributed by atoms with van der Waals surface area (Å²) in [6.07, 6.45) is 4.35. The number of rotatable bonds is 7. The highest BCUT2D eigenvalue weighted by molar-refractivity contribution is 7.15. The average Bonchev–Trinajstić information content (AvgIpc) is 3.15. The van der Waals surface area contributed by atoms with E-state index in [-0.39, 0.29) is 17.2 Å². The van der Waals surface area contributed by atoms with Gasteiger partial charge in [-0.05, 0) is 36.3 Å². The van der Waals surface area contributed by atoms with E-state index in [0.29, 0.717) is 36.5 Å². The number of ether oxygens (including phenoxy) is 1. The molecule has 1 aliphatic heterocycles. The summed E-state index contributed by atoms with van der Waals surface area (Å²) in [6, 6.07) is 3.30. The van der Waals surface area contributed by atoms with Crippen molar-refractivity contribution in [2.24, 2.45) is 16.7 Å². The molecule has 1 saturated heterocycles. The molecular formula is C22H29F2N3O3S. The number of pyridine rings is 1. The van der Waals surface area contributed by atoms with Crippen LogP contribution in [0.25, 0.3) is 10.6 Å². The fraction of sp³-hybridized carbons (Fsp3) is 0.591. The van der Waals surface area contributed by atoms with Crippen LogP contribution in [0.1, 0.15) is 45.4 Å². The van der Waals surface area contributed by atoms with Crippen molar-refractivity contribution in [2.75, 3.05) is 13.1 Å². The summed E-state index contributed by atoms with van der Waals surface area (Å²) in [6.45, 7) is 7.28. The average molecular weight is 454 g/mol. The van der Waals surface area contributed by atoms with E-state index in [9.17, 15) is 18.7 Å². The van der Waals surface area contributed by atoms with Gasteiger partial charge in [0.05, 0.1) is 11.0 Å². The molecule has 0 bridgehead atoms. The van der Waals surface area contributed by atoms with Gasteiger partial charge >= 0.3 is 12.6 Å². The standard InChI is InChI=1S/C22H29F2N3O3S/c1-5-22(19(28)29)9-14(21(2,3)4)11-27(13-22)12-15-10-26-18(31-15)16-7-6-8-25-17(16)30-20(23)24/h6-8,10,14,20H,5,9,11-13H2,1-4H3,(H,28,29)/t14-,22-/m1/s1. The monoisotopic (exact) mass is 453 g/mol. The molecule has 2 aromatic heterocycles. The lowest BCUT2D eigenvalue weighted by Gasteiger charge is -2.47. The Balaban J connectivity index is 1.83. The highest BCUT2D eigenvalue weighted by Gasteiger charge is 2.47. The molecule has 2 atom stereocenters. The van der Waals surface area contributed by atoms with E-state index in [2.05, 4.69) is 40.4 Å². The molecule has 9 heteroatoms. The van der Waals surface area contributed by atoms with E-state index in [1.165, 1.54) is 17.5 Å². The number of aromatic nitrogens is 2. The summed E-state index contributed by atoms with van der Waals surface area (Å²) in [4.78, 5) is 23.6. The minimum Gasteiger partial charge on any atom is -0.481 e. The molecule has 0 unspecified atom stereocenters. The van der Waals surface area contributed by atoms with Crippen LogP contribution in [0.2, 0.25) is 0 Å². The first-order valence-corrected chi connectivity index (χ1v) is 11.2. The molecule has 0 aliphatic carbocycles. The van der Waals surface area contributed by atoms with E-state index >= 15 is 0 Å². The fourth-order valence-corrected chi connectivity index (χ4v) is 5.10. The lowest BCUT2D eigenvalue weighted by molar-refractivity contribution is -0.156. The van der Waals surface area contributed by atoms with Gasteiger partial charge in [0.15, 0.2) is 0 Å². The molecule has 31 heavy (non-hydrogen) atoms. The number of carbonyl (C=O) groups is 1. The summed E-state index contributed by atoms with van der Waals surface area (Å²) in [5.41, 5.74) is -0.366. The second kappa shape index (κ2) is 9.16. The zero-order valence-electron chi connectivity index (χ0n) is 18.3. The molecule has 0 aromatic carbocycles. The van der Waals surface area contributed by atoms with Gasteiger partial charge in [0, 0.05) is 36.9 Å². The zero-order valence-corrected chi connectivity index (χ0v) is 19.1. The quantitative estimate of drug-likeness (QED) is 0.624. The van der Waals surface area contributed by atoms with Crippen LogP contribution in [0.3, 0.4) is 0 Å². The number of alkyl halides is 2.